The van der Waals surface area contributed by atoms with Crippen LogP contribution in [0.2, 0.25) is 0 Å². The third kappa shape index (κ3) is 2.36. The van der Waals surface area contributed by atoms with Gasteiger partial charge in [-0.05, 0) is 12.5 Å². The molecule has 1 aromatic heterocycles. The molecule has 6 heteroatoms. The van der Waals surface area contributed by atoms with E-state index >= 15 is 0 Å². The fourth-order valence-corrected chi connectivity index (χ4v) is 2.25. The fourth-order valence-electron chi connectivity index (χ4n) is 2.25. The highest BCUT2D eigenvalue weighted by Gasteiger charge is 2.48. The molecular weight excluding hydrogens is 260 g/mol. The van der Waals surface area contributed by atoms with Gasteiger partial charge in [-0.25, -0.2) is 0 Å². The van der Waals surface area contributed by atoms with Gasteiger partial charge in [0.05, 0.1) is 18.9 Å². The molecule has 1 fully saturated rings. The number of aliphatic carboxylic acids is 1. The molecule has 1 saturated carbocycles. The second-order valence-corrected chi connectivity index (χ2v) is 4.82. The first kappa shape index (κ1) is 12.7. The summed E-state index contributed by atoms with van der Waals surface area (Å²) in [5.41, 5.74) is 0.966. The fraction of sp³-hybridized carbons (Fsp3) is 0.357. The SMILES string of the molecule is COc1ccccc1Cc1noc(C2CC2C(=O)O)n1. The van der Waals surface area contributed by atoms with Gasteiger partial charge in [-0.3, -0.25) is 4.79 Å². The predicted molar refractivity (Wildman–Crippen MR) is 68.6 cm³/mol. The second kappa shape index (κ2) is 4.96. The lowest BCUT2D eigenvalue weighted by atomic mass is 10.1. The van der Waals surface area contributed by atoms with E-state index in [4.69, 9.17) is 14.4 Å². The van der Waals surface area contributed by atoms with Gasteiger partial charge in [0, 0.05) is 12.0 Å². The second-order valence-electron chi connectivity index (χ2n) is 4.82. The third-order valence-corrected chi connectivity index (χ3v) is 3.45. The van der Waals surface area contributed by atoms with Gasteiger partial charge in [-0.15, -0.1) is 0 Å². The minimum atomic E-state index is -0.806. The molecule has 104 valence electrons. The first-order valence-corrected chi connectivity index (χ1v) is 6.36. The Kier molecular flexibility index (Phi) is 3.14. The summed E-state index contributed by atoms with van der Waals surface area (Å²) in [6.07, 6.45) is 1.07. The number of rotatable bonds is 5. The zero-order chi connectivity index (χ0) is 14.1. The standard InChI is InChI=1S/C14H14N2O4/c1-19-11-5-3-2-4-8(11)6-12-15-13(20-16-12)9-7-10(9)14(17)18/h2-5,9-10H,6-7H2,1H3,(H,17,18). The Balaban J connectivity index is 1.73. The van der Waals surface area contributed by atoms with Gasteiger partial charge in [-0.1, -0.05) is 23.4 Å². The molecule has 6 nitrogen and oxygen atoms in total. The zero-order valence-corrected chi connectivity index (χ0v) is 10.9. The minimum Gasteiger partial charge on any atom is -0.496 e. The van der Waals surface area contributed by atoms with Crippen LogP contribution in [0.25, 0.3) is 0 Å². The number of methoxy groups -OCH3 is 1. The van der Waals surface area contributed by atoms with Crippen LogP contribution in [-0.4, -0.2) is 28.3 Å². The summed E-state index contributed by atoms with van der Waals surface area (Å²) in [7, 11) is 1.61. The van der Waals surface area contributed by atoms with Crippen molar-refractivity contribution in [1.29, 1.82) is 0 Å². The van der Waals surface area contributed by atoms with E-state index in [1.807, 2.05) is 24.3 Å². The summed E-state index contributed by atoms with van der Waals surface area (Å²) in [6, 6.07) is 7.62. The quantitative estimate of drug-likeness (QED) is 0.895. The molecule has 0 radical (unpaired) electrons. The Bertz CT molecular complexity index is 638. The van der Waals surface area contributed by atoms with Crippen LogP contribution in [0, 0.1) is 5.92 Å². The molecule has 1 heterocycles. The highest BCUT2D eigenvalue weighted by atomic mass is 16.5. The summed E-state index contributed by atoms with van der Waals surface area (Å²) >= 11 is 0. The highest BCUT2D eigenvalue weighted by Crippen LogP contribution is 2.46. The van der Waals surface area contributed by atoms with E-state index in [1.165, 1.54) is 0 Å². The maximum atomic E-state index is 10.8. The van der Waals surface area contributed by atoms with E-state index in [0.717, 1.165) is 11.3 Å². The number of nitrogens with zero attached hydrogens (tertiary/aromatic N) is 2. The van der Waals surface area contributed by atoms with Crippen LogP contribution in [0.1, 0.15) is 29.6 Å². The van der Waals surface area contributed by atoms with Crippen LogP contribution < -0.4 is 4.74 Å². The number of benzene rings is 1. The van der Waals surface area contributed by atoms with Crippen LogP contribution in [0.15, 0.2) is 28.8 Å². The molecule has 1 N–H and O–H groups in total. The lowest BCUT2D eigenvalue weighted by Crippen LogP contribution is -1.99. The Morgan fingerprint density at radius 1 is 1.50 bits per heavy atom. The number of para-hydroxylation sites is 1. The van der Waals surface area contributed by atoms with Crippen LogP contribution in [0.3, 0.4) is 0 Å². The van der Waals surface area contributed by atoms with Gasteiger partial charge in [0.25, 0.3) is 0 Å². The lowest BCUT2D eigenvalue weighted by Gasteiger charge is -2.04. The zero-order valence-electron chi connectivity index (χ0n) is 10.9. The topological polar surface area (TPSA) is 85.5 Å². The van der Waals surface area contributed by atoms with E-state index < -0.39 is 5.97 Å². The molecule has 0 amide bonds. The smallest absolute Gasteiger partial charge is 0.307 e. The number of carboxylic acid groups (broad SMARTS) is 1. The average Bonchev–Trinajstić information content (AvgIpc) is 3.13. The van der Waals surface area contributed by atoms with Crippen molar-refractivity contribution in [3.63, 3.8) is 0 Å². The monoisotopic (exact) mass is 274 g/mol. The summed E-state index contributed by atoms with van der Waals surface area (Å²) in [4.78, 5) is 15.1. The number of carboxylic acids is 1. The van der Waals surface area contributed by atoms with Crippen molar-refractivity contribution in [3.05, 3.63) is 41.5 Å². The Morgan fingerprint density at radius 3 is 3.00 bits per heavy atom. The molecule has 0 aliphatic heterocycles. The van der Waals surface area contributed by atoms with Crippen molar-refractivity contribution in [2.75, 3.05) is 7.11 Å². The number of hydrogen-bond acceptors (Lipinski definition) is 5. The molecule has 1 aromatic carbocycles. The van der Waals surface area contributed by atoms with E-state index in [-0.39, 0.29) is 11.8 Å². The van der Waals surface area contributed by atoms with Gasteiger partial charge >= 0.3 is 5.97 Å². The van der Waals surface area contributed by atoms with Crippen molar-refractivity contribution in [3.8, 4) is 5.75 Å². The summed E-state index contributed by atoms with van der Waals surface area (Å²) < 4.78 is 10.4. The maximum absolute atomic E-state index is 10.8. The van der Waals surface area contributed by atoms with Crippen molar-refractivity contribution in [2.24, 2.45) is 5.92 Å². The third-order valence-electron chi connectivity index (χ3n) is 3.45. The van der Waals surface area contributed by atoms with Crippen molar-refractivity contribution in [2.45, 2.75) is 18.8 Å². The predicted octanol–water partition coefficient (Wildman–Crippen LogP) is 1.86. The molecular formula is C14H14N2O4. The molecule has 0 bridgehead atoms. The molecule has 1 aliphatic rings. The normalized spacial score (nSPS) is 20.6. The number of ether oxygens (including phenoxy) is 1. The maximum Gasteiger partial charge on any atom is 0.307 e. The van der Waals surface area contributed by atoms with Crippen LogP contribution in [0.5, 0.6) is 5.75 Å². The molecule has 2 aromatic rings. The van der Waals surface area contributed by atoms with E-state index in [2.05, 4.69) is 10.1 Å². The first-order valence-electron chi connectivity index (χ1n) is 6.36. The Labute approximate surface area is 115 Å². The van der Waals surface area contributed by atoms with Gasteiger partial charge in [0.2, 0.25) is 5.89 Å². The van der Waals surface area contributed by atoms with Gasteiger partial charge in [0.15, 0.2) is 5.82 Å². The largest absolute Gasteiger partial charge is 0.496 e. The van der Waals surface area contributed by atoms with Gasteiger partial charge in [0.1, 0.15) is 5.75 Å². The summed E-state index contributed by atoms with van der Waals surface area (Å²) in [6.45, 7) is 0. The van der Waals surface area contributed by atoms with E-state index in [0.29, 0.717) is 24.6 Å². The molecule has 0 spiro atoms. The summed E-state index contributed by atoms with van der Waals surface area (Å²) in [5, 5.41) is 12.8. The molecule has 1 aliphatic carbocycles. The number of aromatic nitrogens is 2. The molecule has 20 heavy (non-hydrogen) atoms. The van der Waals surface area contributed by atoms with Crippen LogP contribution in [-0.2, 0) is 11.2 Å². The minimum absolute atomic E-state index is 0.133. The number of hydrogen-bond donors (Lipinski definition) is 1. The van der Waals surface area contributed by atoms with Crippen LogP contribution in [0.4, 0.5) is 0 Å². The molecule has 3 rings (SSSR count). The Morgan fingerprint density at radius 2 is 2.30 bits per heavy atom. The highest BCUT2D eigenvalue weighted by molar-refractivity contribution is 5.74. The van der Waals surface area contributed by atoms with Crippen molar-refractivity contribution < 1.29 is 19.2 Å². The molecule has 2 atom stereocenters. The van der Waals surface area contributed by atoms with Gasteiger partial charge < -0.3 is 14.4 Å². The molecule has 2 unspecified atom stereocenters. The number of carbonyl (C=O) groups is 1. The molecule has 0 saturated heterocycles. The van der Waals surface area contributed by atoms with Crippen molar-refractivity contribution >= 4 is 5.97 Å². The van der Waals surface area contributed by atoms with E-state index in [9.17, 15) is 4.79 Å². The average molecular weight is 274 g/mol. The van der Waals surface area contributed by atoms with E-state index in [1.54, 1.807) is 7.11 Å². The Hall–Kier alpha value is -2.37. The van der Waals surface area contributed by atoms with Crippen molar-refractivity contribution in [1.82, 2.24) is 10.1 Å². The van der Waals surface area contributed by atoms with Crippen LogP contribution >= 0.6 is 0 Å². The summed E-state index contributed by atoms with van der Waals surface area (Å²) in [5.74, 6) is 0.414. The lowest BCUT2D eigenvalue weighted by molar-refractivity contribution is -0.138. The van der Waals surface area contributed by atoms with Gasteiger partial charge in [-0.2, -0.15) is 4.98 Å². The first-order chi connectivity index (χ1) is 9.69.